The van der Waals surface area contributed by atoms with E-state index in [4.69, 9.17) is 22.6 Å². The van der Waals surface area contributed by atoms with Crippen LogP contribution >= 0.6 is 23.4 Å². The van der Waals surface area contributed by atoms with E-state index in [0.29, 0.717) is 5.02 Å². The fourth-order valence-corrected chi connectivity index (χ4v) is 3.28. The Morgan fingerprint density at radius 3 is 2.87 bits per heavy atom. The number of thioether (sulfide) groups is 1. The van der Waals surface area contributed by atoms with Gasteiger partial charge in [0.2, 0.25) is 0 Å². The molecular weight excluding hydrogens is 332 g/mol. The van der Waals surface area contributed by atoms with Crippen molar-refractivity contribution < 1.29 is 4.79 Å². The maximum Gasteiger partial charge on any atom is 0.185 e. The lowest BCUT2D eigenvalue weighted by molar-refractivity contribution is -0.112. The molecule has 0 fully saturated rings. The second-order valence-corrected chi connectivity index (χ2v) is 6.44. The molecule has 23 heavy (non-hydrogen) atoms. The number of imidazole rings is 1. The number of nitrogens with zero attached hydrogens (tertiary/aromatic N) is 3. The molecule has 0 unspecified atom stereocenters. The van der Waals surface area contributed by atoms with Gasteiger partial charge in [-0.3, -0.25) is 4.79 Å². The van der Waals surface area contributed by atoms with Gasteiger partial charge in [0, 0.05) is 17.3 Å². The van der Waals surface area contributed by atoms with E-state index in [0.717, 1.165) is 29.2 Å². The molecule has 0 spiro atoms. The Hall–Kier alpha value is -1.97. The average molecular weight is 349 g/mol. The molecule has 0 atom stereocenters. The van der Waals surface area contributed by atoms with E-state index in [9.17, 15) is 4.79 Å². The van der Waals surface area contributed by atoms with Crippen LogP contribution in [-0.2, 0) is 11.3 Å². The number of aromatic nitrogens is 2. The van der Waals surface area contributed by atoms with Gasteiger partial charge in [0.15, 0.2) is 10.9 Å². The van der Waals surface area contributed by atoms with Crippen molar-refractivity contribution in [2.24, 2.45) is 5.73 Å². The van der Waals surface area contributed by atoms with Crippen LogP contribution in [0.4, 0.5) is 0 Å². The minimum atomic E-state index is -0.286. The van der Waals surface area contributed by atoms with Gasteiger partial charge in [0.05, 0.1) is 16.8 Å². The third-order valence-electron chi connectivity index (χ3n) is 3.24. The molecule has 0 radical (unpaired) electrons. The summed E-state index contributed by atoms with van der Waals surface area (Å²) in [5.41, 5.74) is 7.60. The van der Waals surface area contributed by atoms with Crippen molar-refractivity contribution >= 4 is 40.2 Å². The number of allylic oxidation sites excluding steroid dienone is 2. The van der Waals surface area contributed by atoms with E-state index >= 15 is 0 Å². The van der Waals surface area contributed by atoms with Crippen LogP contribution in [0.1, 0.15) is 20.3 Å². The summed E-state index contributed by atoms with van der Waals surface area (Å²) in [7, 11) is 0. The zero-order valence-electron chi connectivity index (χ0n) is 13.0. The molecule has 0 amide bonds. The summed E-state index contributed by atoms with van der Waals surface area (Å²) in [5.74, 6) is -0.163. The number of halogens is 1. The first-order chi connectivity index (χ1) is 11.0. The number of rotatable bonds is 6. The first-order valence-electron chi connectivity index (χ1n) is 7.16. The molecule has 0 saturated heterocycles. The van der Waals surface area contributed by atoms with Gasteiger partial charge in [-0.15, -0.1) is 0 Å². The number of aryl methyl sites for hydroxylation is 1. The van der Waals surface area contributed by atoms with Crippen LogP contribution in [0.25, 0.3) is 11.0 Å². The van der Waals surface area contributed by atoms with Gasteiger partial charge in [-0.2, -0.15) is 5.26 Å². The van der Waals surface area contributed by atoms with Crippen LogP contribution in [0.2, 0.25) is 5.02 Å². The highest BCUT2D eigenvalue weighted by Crippen LogP contribution is 2.27. The summed E-state index contributed by atoms with van der Waals surface area (Å²) >= 11 is 7.32. The molecule has 1 aromatic heterocycles. The Morgan fingerprint density at radius 2 is 2.26 bits per heavy atom. The second-order valence-electron chi connectivity index (χ2n) is 5.06. The van der Waals surface area contributed by atoms with Crippen LogP contribution in [0.15, 0.2) is 34.6 Å². The van der Waals surface area contributed by atoms with Crippen LogP contribution in [-0.4, -0.2) is 21.1 Å². The highest BCUT2D eigenvalue weighted by molar-refractivity contribution is 7.99. The molecule has 120 valence electrons. The number of ketones is 1. The predicted molar refractivity (Wildman–Crippen MR) is 93.3 cm³/mol. The fourth-order valence-electron chi connectivity index (χ4n) is 2.20. The number of nitriles is 1. The highest BCUT2D eigenvalue weighted by Gasteiger charge is 2.16. The molecule has 0 saturated carbocycles. The lowest BCUT2D eigenvalue weighted by atomic mass is 10.2. The Morgan fingerprint density at radius 1 is 1.52 bits per heavy atom. The lowest BCUT2D eigenvalue weighted by Gasteiger charge is -2.07. The number of carbonyl (C=O) groups is 1. The van der Waals surface area contributed by atoms with Gasteiger partial charge in [0.25, 0.3) is 0 Å². The third-order valence-corrected chi connectivity index (χ3v) is 4.45. The summed E-state index contributed by atoms with van der Waals surface area (Å²) < 4.78 is 2.06. The largest absolute Gasteiger partial charge is 0.401 e. The van der Waals surface area contributed by atoms with Crippen molar-refractivity contribution in [3.63, 3.8) is 0 Å². The monoisotopic (exact) mass is 348 g/mol. The molecule has 2 aromatic rings. The van der Waals surface area contributed by atoms with Crippen LogP contribution in [0.3, 0.4) is 0 Å². The molecule has 0 bridgehead atoms. The Bertz CT molecular complexity index is 815. The summed E-state index contributed by atoms with van der Waals surface area (Å²) in [4.78, 5) is 16.6. The second kappa shape index (κ2) is 7.53. The molecule has 0 aliphatic rings. The van der Waals surface area contributed by atoms with Gasteiger partial charge < -0.3 is 10.3 Å². The smallest absolute Gasteiger partial charge is 0.185 e. The van der Waals surface area contributed by atoms with Gasteiger partial charge >= 0.3 is 0 Å². The minimum Gasteiger partial charge on any atom is -0.401 e. The number of nitrogens with two attached hydrogens (primary N) is 1. The lowest BCUT2D eigenvalue weighted by Crippen LogP contribution is -2.11. The standard InChI is InChI=1S/C16H17ClN4OS/c1-3-6-21-14-5-4-11(17)7-13(14)20-16(21)23-9-15(22)12(8-18)10(2)19/h4-5,7H,3,6,9,19H2,1-2H3/b12-10+. The van der Waals surface area contributed by atoms with Crippen LogP contribution in [0, 0.1) is 11.3 Å². The topological polar surface area (TPSA) is 84.7 Å². The summed E-state index contributed by atoms with van der Waals surface area (Å²) in [6, 6.07) is 7.42. The fraction of sp³-hybridized carbons (Fsp3) is 0.312. The molecule has 5 nitrogen and oxygen atoms in total. The zero-order chi connectivity index (χ0) is 17.0. The van der Waals surface area contributed by atoms with Gasteiger partial charge in [-0.1, -0.05) is 30.3 Å². The number of benzene rings is 1. The summed E-state index contributed by atoms with van der Waals surface area (Å²) in [5, 5.41) is 10.4. The van der Waals surface area contributed by atoms with Gasteiger partial charge in [-0.25, -0.2) is 4.98 Å². The minimum absolute atomic E-state index is 0.0127. The van der Waals surface area contributed by atoms with E-state index < -0.39 is 0 Å². The zero-order valence-corrected chi connectivity index (χ0v) is 14.5. The van der Waals surface area contributed by atoms with Gasteiger partial charge in [0.1, 0.15) is 11.6 Å². The predicted octanol–water partition coefficient (Wildman–Crippen LogP) is 3.52. The summed E-state index contributed by atoms with van der Waals surface area (Å²) in [6.07, 6.45) is 0.945. The van der Waals surface area contributed by atoms with E-state index in [1.807, 2.05) is 18.2 Å². The molecule has 2 rings (SSSR count). The van der Waals surface area contributed by atoms with Gasteiger partial charge in [-0.05, 0) is 31.5 Å². The van der Waals surface area contributed by atoms with Crippen molar-refractivity contribution in [2.75, 3.05) is 5.75 Å². The molecule has 1 aromatic carbocycles. The number of Topliss-reactive ketones (excluding diaryl/α,β-unsaturated/α-hetero) is 1. The van der Waals surface area contributed by atoms with Crippen molar-refractivity contribution in [3.8, 4) is 6.07 Å². The molecule has 0 aliphatic heterocycles. The Labute approximate surface area is 144 Å². The van der Waals surface area contributed by atoms with Crippen LogP contribution in [0.5, 0.6) is 0 Å². The van der Waals surface area contributed by atoms with Crippen molar-refractivity contribution in [1.82, 2.24) is 9.55 Å². The maximum absolute atomic E-state index is 12.1. The molecule has 0 aliphatic carbocycles. The van der Waals surface area contributed by atoms with Crippen LogP contribution < -0.4 is 5.73 Å². The van der Waals surface area contributed by atoms with E-state index in [1.165, 1.54) is 11.8 Å². The van der Waals surface area contributed by atoms with E-state index in [-0.39, 0.29) is 22.8 Å². The molecule has 1 heterocycles. The van der Waals surface area contributed by atoms with Crippen molar-refractivity contribution in [1.29, 1.82) is 5.26 Å². The van der Waals surface area contributed by atoms with E-state index in [1.54, 1.807) is 13.0 Å². The highest BCUT2D eigenvalue weighted by atomic mass is 35.5. The maximum atomic E-state index is 12.1. The summed E-state index contributed by atoms with van der Waals surface area (Å²) in [6.45, 7) is 4.43. The quantitative estimate of drug-likeness (QED) is 0.490. The SMILES string of the molecule is CCCn1c(SCC(=O)/C(C#N)=C(\C)N)nc2cc(Cl)ccc21. The number of carbonyl (C=O) groups excluding carboxylic acids is 1. The molecular formula is C16H17ClN4OS. The first kappa shape index (κ1) is 17.4. The van der Waals surface area contributed by atoms with Crippen molar-refractivity contribution in [2.45, 2.75) is 32.0 Å². The number of hydrogen-bond acceptors (Lipinski definition) is 5. The molecule has 7 heteroatoms. The third kappa shape index (κ3) is 3.87. The first-order valence-corrected chi connectivity index (χ1v) is 8.52. The molecule has 2 N–H and O–H groups in total. The Kier molecular flexibility index (Phi) is 5.69. The Balaban J connectivity index is 2.29. The number of hydrogen-bond donors (Lipinski definition) is 1. The number of fused-ring (bicyclic) bond motifs is 1. The van der Waals surface area contributed by atoms with E-state index in [2.05, 4.69) is 16.5 Å². The van der Waals surface area contributed by atoms with Crippen molar-refractivity contribution in [3.05, 3.63) is 34.5 Å². The normalized spacial score (nSPS) is 12.1. The average Bonchev–Trinajstić information content (AvgIpc) is 2.83.